The van der Waals surface area contributed by atoms with Gasteiger partial charge in [-0.2, -0.15) is 0 Å². The maximum absolute atomic E-state index is 12.2. The summed E-state index contributed by atoms with van der Waals surface area (Å²) in [7, 11) is 0. The third-order valence-electron chi connectivity index (χ3n) is 4.11. The summed E-state index contributed by atoms with van der Waals surface area (Å²) < 4.78 is 0. The second kappa shape index (κ2) is 7.16. The Morgan fingerprint density at radius 2 is 1.91 bits per heavy atom. The zero-order valence-electron chi connectivity index (χ0n) is 14.5. The first-order valence-electron chi connectivity index (χ1n) is 8.17. The first-order chi connectivity index (χ1) is 10.8. The molecule has 2 rings (SSSR count). The van der Waals surface area contributed by atoms with E-state index < -0.39 is 5.60 Å². The third-order valence-corrected chi connectivity index (χ3v) is 4.11. The van der Waals surface area contributed by atoms with Crippen LogP contribution < -0.4 is 0 Å². The molecule has 1 N–H and O–H groups in total. The van der Waals surface area contributed by atoms with Crippen LogP contribution in [0.1, 0.15) is 38.8 Å². The molecule has 1 aliphatic rings. The zero-order valence-corrected chi connectivity index (χ0v) is 14.5. The lowest BCUT2D eigenvalue weighted by Crippen LogP contribution is -2.55. The number of carbonyl (C=O) groups excluding carboxylic acids is 1. The molecule has 4 nitrogen and oxygen atoms in total. The summed E-state index contributed by atoms with van der Waals surface area (Å²) in [5.74, 6) is 5.99. The molecule has 1 aliphatic heterocycles. The predicted octanol–water partition coefficient (Wildman–Crippen LogP) is 1.86. The fourth-order valence-electron chi connectivity index (χ4n) is 2.66. The number of piperazine rings is 1. The number of likely N-dealkylation sites (N-methyl/N-ethyl adjacent to an activating group) is 1. The molecule has 0 aliphatic carbocycles. The van der Waals surface area contributed by atoms with Gasteiger partial charge in [-0.25, -0.2) is 0 Å². The highest BCUT2D eigenvalue weighted by molar-refractivity contribution is 5.82. The van der Waals surface area contributed by atoms with E-state index in [1.807, 2.05) is 43.0 Å². The molecule has 0 spiro atoms. The second-order valence-corrected chi connectivity index (χ2v) is 6.57. The Balaban J connectivity index is 2.01. The molecule has 1 aromatic rings. The van der Waals surface area contributed by atoms with Gasteiger partial charge in [-0.05, 0) is 45.4 Å². The summed E-state index contributed by atoms with van der Waals surface area (Å²) >= 11 is 0. The standard InChI is InChI=1S/C19H26N2O2/c1-5-20-12-13-21(15(2)18(20)22)14-17-8-6-16(7-9-17)10-11-19(3,4)23/h6-9,15,23H,5,12-14H2,1-4H3/t15-/m1/s1. The van der Waals surface area contributed by atoms with Crippen molar-refractivity contribution in [3.8, 4) is 11.8 Å². The molecule has 1 amide bonds. The van der Waals surface area contributed by atoms with Crippen LogP contribution in [0.2, 0.25) is 0 Å². The minimum Gasteiger partial charge on any atom is -0.378 e. The first-order valence-corrected chi connectivity index (χ1v) is 8.17. The number of hydrogen-bond acceptors (Lipinski definition) is 3. The van der Waals surface area contributed by atoms with Gasteiger partial charge in [0.25, 0.3) is 0 Å². The van der Waals surface area contributed by atoms with E-state index in [1.165, 1.54) is 5.56 Å². The fraction of sp³-hybridized carbons (Fsp3) is 0.526. The van der Waals surface area contributed by atoms with E-state index in [0.717, 1.165) is 31.7 Å². The van der Waals surface area contributed by atoms with E-state index in [4.69, 9.17) is 0 Å². The van der Waals surface area contributed by atoms with E-state index in [2.05, 4.69) is 16.7 Å². The lowest BCUT2D eigenvalue weighted by Gasteiger charge is -2.38. The Morgan fingerprint density at radius 3 is 2.48 bits per heavy atom. The van der Waals surface area contributed by atoms with Crippen LogP contribution >= 0.6 is 0 Å². The van der Waals surface area contributed by atoms with Gasteiger partial charge in [-0.3, -0.25) is 9.69 Å². The van der Waals surface area contributed by atoms with Gasteiger partial charge in [-0.1, -0.05) is 24.0 Å². The molecule has 0 unspecified atom stereocenters. The number of nitrogens with zero attached hydrogens (tertiary/aromatic N) is 2. The largest absolute Gasteiger partial charge is 0.378 e. The van der Waals surface area contributed by atoms with Gasteiger partial charge in [0.15, 0.2) is 0 Å². The lowest BCUT2D eigenvalue weighted by molar-refractivity contribution is -0.141. The van der Waals surface area contributed by atoms with Crippen LogP contribution in [0.15, 0.2) is 24.3 Å². The number of amides is 1. The topological polar surface area (TPSA) is 43.8 Å². The third kappa shape index (κ3) is 4.82. The van der Waals surface area contributed by atoms with Gasteiger partial charge < -0.3 is 10.0 Å². The highest BCUT2D eigenvalue weighted by atomic mass is 16.3. The number of rotatable bonds is 3. The predicted molar refractivity (Wildman–Crippen MR) is 91.7 cm³/mol. The second-order valence-electron chi connectivity index (χ2n) is 6.57. The van der Waals surface area contributed by atoms with Crippen molar-refractivity contribution in [3.63, 3.8) is 0 Å². The maximum Gasteiger partial charge on any atom is 0.239 e. The van der Waals surface area contributed by atoms with Crippen molar-refractivity contribution in [2.75, 3.05) is 19.6 Å². The molecule has 1 aromatic carbocycles. The van der Waals surface area contributed by atoms with Crippen molar-refractivity contribution in [1.29, 1.82) is 0 Å². The van der Waals surface area contributed by atoms with Gasteiger partial charge in [0.2, 0.25) is 5.91 Å². The van der Waals surface area contributed by atoms with Crippen molar-refractivity contribution in [2.24, 2.45) is 0 Å². The summed E-state index contributed by atoms with van der Waals surface area (Å²) in [6.07, 6.45) is 0. The molecule has 1 saturated heterocycles. The lowest BCUT2D eigenvalue weighted by atomic mass is 10.1. The summed E-state index contributed by atoms with van der Waals surface area (Å²) in [6, 6.07) is 7.93. The van der Waals surface area contributed by atoms with E-state index in [9.17, 15) is 9.90 Å². The quantitative estimate of drug-likeness (QED) is 0.866. The van der Waals surface area contributed by atoms with Crippen LogP contribution in [0.4, 0.5) is 0 Å². The van der Waals surface area contributed by atoms with Gasteiger partial charge in [-0.15, -0.1) is 0 Å². The van der Waals surface area contributed by atoms with Crippen LogP contribution in [0.5, 0.6) is 0 Å². The monoisotopic (exact) mass is 314 g/mol. The van der Waals surface area contributed by atoms with Crippen LogP contribution in [0.25, 0.3) is 0 Å². The molecule has 124 valence electrons. The Bertz CT molecular complexity index is 605. The highest BCUT2D eigenvalue weighted by Gasteiger charge is 2.30. The van der Waals surface area contributed by atoms with Gasteiger partial charge >= 0.3 is 0 Å². The van der Waals surface area contributed by atoms with Crippen LogP contribution in [-0.2, 0) is 11.3 Å². The summed E-state index contributed by atoms with van der Waals surface area (Å²) in [5.41, 5.74) is 1.08. The molecule has 0 radical (unpaired) electrons. The normalized spacial score (nSPS) is 19.4. The average Bonchev–Trinajstić information content (AvgIpc) is 2.51. The van der Waals surface area contributed by atoms with E-state index in [1.54, 1.807) is 13.8 Å². The Hall–Kier alpha value is -1.83. The summed E-state index contributed by atoms with van der Waals surface area (Å²) in [5, 5.41) is 9.63. The van der Waals surface area contributed by atoms with Gasteiger partial charge in [0.1, 0.15) is 5.60 Å². The van der Waals surface area contributed by atoms with Crippen molar-refractivity contribution < 1.29 is 9.90 Å². The maximum atomic E-state index is 12.2. The molecular weight excluding hydrogens is 288 g/mol. The van der Waals surface area contributed by atoms with Crippen molar-refractivity contribution in [3.05, 3.63) is 35.4 Å². The number of carbonyl (C=O) groups is 1. The molecule has 1 atom stereocenters. The Labute approximate surface area is 139 Å². The molecular formula is C19H26N2O2. The van der Waals surface area contributed by atoms with Crippen molar-refractivity contribution in [1.82, 2.24) is 9.80 Å². The molecule has 0 aromatic heterocycles. The van der Waals surface area contributed by atoms with Crippen LogP contribution in [0, 0.1) is 11.8 Å². The van der Waals surface area contributed by atoms with Gasteiger partial charge in [0, 0.05) is 31.7 Å². The minimum atomic E-state index is -0.979. The zero-order chi connectivity index (χ0) is 17.0. The average molecular weight is 314 g/mol. The summed E-state index contributed by atoms with van der Waals surface area (Å²) in [4.78, 5) is 16.4. The fourth-order valence-corrected chi connectivity index (χ4v) is 2.66. The SMILES string of the molecule is CCN1CCN(Cc2ccc(C#CC(C)(C)O)cc2)[C@H](C)C1=O. The highest BCUT2D eigenvalue weighted by Crippen LogP contribution is 2.15. The number of hydrogen-bond donors (Lipinski definition) is 1. The van der Waals surface area contributed by atoms with E-state index in [0.29, 0.717) is 0 Å². The Morgan fingerprint density at radius 1 is 1.26 bits per heavy atom. The van der Waals surface area contributed by atoms with E-state index >= 15 is 0 Å². The number of aliphatic hydroxyl groups is 1. The van der Waals surface area contributed by atoms with Gasteiger partial charge in [0.05, 0.1) is 6.04 Å². The molecule has 1 heterocycles. The van der Waals surface area contributed by atoms with Crippen molar-refractivity contribution in [2.45, 2.75) is 45.9 Å². The van der Waals surface area contributed by atoms with Crippen LogP contribution in [-0.4, -0.2) is 52.1 Å². The molecule has 0 bridgehead atoms. The van der Waals surface area contributed by atoms with Crippen molar-refractivity contribution >= 4 is 5.91 Å². The summed E-state index contributed by atoms with van der Waals surface area (Å²) in [6.45, 7) is 10.6. The molecule has 4 heteroatoms. The number of benzene rings is 1. The first kappa shape index (κ1) is 17.5. The Kier molecular flexibility index (Phi) is 5.46. The molecule has 23 heavy (non-hydrogen) atoms. The molecule has 0 saturated carbocycles. The minimum absolute atomic E-state index is 0.0710. The molecule has 1 fully saturated rings. The van der Waals surface area contributed by atoms with Crippen LogP contribution in [0.3, 0.4) is 0 Å². The smallest absolute Gasteiger partial charge is 0.239 e. The van der Waals surface area contributed by atoms with E-state index in [-0.39, 0.29) is 11.9 Å².